The first-order valence-corrected chi connectivity index (χ1v) is 8.67. The van der Waals surface area contributed by atoms with E-state index in [1.165, 1.54) is 0 Å². The minimum atomic E-state index is -0.344. The van der Waals surface area contributed by atoms with Crippen molar-refractivity contribution in [2.45, 2.75) is 0 Å². The third-order valence-corrected chi connectivity index (χ3v) is 5.16. The number of thioether (sulfide) groups is 1. The van der Waals surface area contributed by atoms with Crippen molar-refractivity contribution in [3.05, 3.63) is 29.7 Å². The van der Waals surface area contributed by atoms with E-state index in [1.807, 2.05) is 12.1 Å². The predicted molar refractivity (Wildman–Crippen MR) is 99.9 cm³/mol. The molecular formula is C14H9I2NO3S. The molecule has 1 aromatic rings. The summed E-state index contributed by atoms with van der Waals surface area (Å²) >= 11 is 5.25. The van der Waals surface area contributed by atoms with E-state index < -0.39 is 0 Å². The van der Waals surface area contributed by atoms with Gasteiger partial charge in [0.05, 0.1) is 25.7 Å². The molecule has 0 N–H and O–H groups in total. The normalized spacial score (nSPS) is 16.5. The lowest BCUT2D eigenvalue weighted by molar-refractivity contribution is -0.122. The highest BCUT2D eigenvalue weighted by Crippen LogP contribution is 2.34. The third kappa shape index (κ3) is 3.54. The number of amides is 2. The quantitative estimate of drug-likeness (QED) is 0.344. The Labute approximate surface area is 153 Å². The average molecular weight is 525 g/mol. The minimum absolute atomic E-state index is 0.000309. The van der Waals surface area contributed by atoms with Gasteiger partial charge in [-0.15, -0.1) is 6.42 Å². The van der Waals surface area contributed by atoms with Crippen molar-refractivity contribution < 1.29 is 14.3 Å². The van der Waals surface area contributed by atoms with Crippen LogP contribution >= 0.6 is 56.9 Å². The van der Waals surface area contributed by atoms with E-state index in [0.29, 0.717) is 4.91 Å². The van der Waals surface area contributed by atoms with Gasteiger partial charge in [-0.05, 0) is 80.7 Å². The van der Waals surface area contributed by atoms with Crippen LogP contribution in [-0.2, 0) is 4.79 Å². The van der Waals surface area contributed by atoms with Crippen LogP contribution in [0.4, 0.5) is 4.79 Å². The molecule has 1 aliphatic rings. The van der Waals surface area contributed by atoms with Gasteiger partial charge < -0.3 is 4.74 Å². The molecule has 1 aliphatic heterocycles. The SMILES string of the molecule is C#CCN1C(=O)S/C(=C\c2cc(I)c(OC)c(I)c2)C1=O. The highest BCUT2D eigenvalue weighted by atomic mass is 127. The van der Waals surface area contributed by atoms with Crippen LogP contribution in [0.3, 0.4) is 0 Å². The van der Waals surface area contributed by atoms with Crippen LogP contribution in [-0.4, -0.2) is 29.7 Å². The first kappa shape index (κ1) is 16.6. The van der Waals surface area contributed by atoms with E-state index in [0.717, 1.165) is 35.1 Å². The van der Waals surface area contributed by atoms with Crippen molar-refractivity contribution in [3.63, 3.8) is 0 Å². The number of imide groups is 1. The Hall–Kier alpha value is -0.730. The number of ether oxygens (including phenoxy) is 1. The lowest BCUT2D eigenvalue weighted by Crippen LogP contribution is -2.28. The van der Waals surface area contributed by atoms with E-state index in [2.05, 4.69) is 51.1 Å². The number of hydrogen-bond donors (Lipinski definition) is 0. The van der Waals surface area contributed by atoms with Gasteiger partial charge in [-0.25, -0.2) is 0 Å². The largest absolute Gasteiger partial charge is 0.495 e. The van der Waals surface area contributed by atoms with Gasteiger partial charge in [0, 0.05) is 0 Å². The number of hydrogen-bond acceptors (Lipinski definition) is 4. The molecule has 0 spiro atoms. The van der Waals surface area contributed by atoms with Gasteiger partial charge in [0.2, 0.25) is 0 Å². The zero-order chi connectivity index (χ0) is 15.6. The number of nitrogens with zero attached hydrogens (tertiary/aromatic N) is 1. The van der Waals surface area contributed by atoms with Crippen molar-refractivity contribution in [2.24, 2.45) is 0 Å². The van der Waals surface area contributed by atoms with Gasteiger partial charge in [0.15, 0.2) is 0 Å². The van der Waals surface area contributed by atoms with Crippen LogP contribution in [0.1, 0.15) is 5.56 Å². The number of carbonyl (C=O) groups is 2. The van der Waals surface area contributed by atoms with Gasteiger partial charge in [-0.1, -0.05) is 5.92 Å². The summed E-state index contributed by atoms with van der Waals surface area (Å²) in [6.07, 6.45) is 6.86. The molecule has 108 valence electrons. The van der Waals surface area contributed by atoms with Gasteiger partial charge in [-0.2, -0.15) is 0 Å². The van der Waals surface area contributed by atoms with Crippen LogP contribution in [0.5, 0.6) is 5.75 Å². The maximum absolute atomic E-state index is 12.1. The second-order valence-electron chi connectivity index (χ2n) is 3.99. The summed E-state index contributed by atoms with van der Waals surface area (Å²) in [6, 6.07) is 3.80. The van der Waals surface area contributed by atoms with Crippen LogP contribution in [0.2, 0.25) is 0 Å². The van der Waals surface area contributed by atoms with Crippen LogP contribution in [0, 0.1) is 19.5 Å². The van der Waals surface area contributed by atoms with E-state index in [1.54, 1.807) is 13.2 Å². The Morgan fingerprint density at radius 1 is 1.38 bits per heavy atom. The van der Waals surface area contributed by atoms with E-state index in [4.69, 9.17) is 11.2 Å². The number of methoxy groups -OCH3 is 1. The molecule has 4 nitrogen and oxygen atoms in total. The van der Waals surface area contributed by atoms with Crippen molar-refractivity contribution in [1.29, 1.82) is 0 Å². The summed E-state index contributed by atoms with van der Waals surface area (Å²) in [5.74, 6) is 2.77. The Bertz CT molecular complexity index is 671. The molecule has 0 bridgehead atoms. The molecule has 1 saturated heterocycles. The third-order valence-electron chi connectivity index (χ3n) is 2.65. The van der Waals surface area contributed by atoms with E-state index >= 15 is 0 Å². The van der Waals surface area contributed by atoms with Crippen LogP contribution in [0.15, 0.2) is 17.0 Å². The van der Waals surface area contributed by atoms with Gasteiger partial charge >= 0.3 is 0 Å². The molecule has 7 heteroatoms. The maximum Gasteiger partial charge on any atom is 0.294 e. The monoisotopic (exact) mass is 525 g/mol. The summed E-state index contributed by atoms with van der Waals surface area (Å²) in [5, 5.41) is -0.331. The van der Waals surface area contributed by atoms with Crippen LogP contribution in [0.25, 0.3) is 6.08 Å². The maximum atomic E-state index is 12.1. The standard InChI is InChI=1S/C14H9I2NO3S/c1-3-4-17-13(18)11(21-14(17)19)7-8-5-9(15)12(20-2)10(16)6-8/h1,5-7H,4H2,2H3/b11-7-. The fraction of sp³-hybridized carbons (Fsp3) is 0.143. The number of carbonyl (C=O) groups excluding carboxylic acids is 2. The zero-order valence-electron chi connectivity index (χ0n) is 10.9. The lowest BCUT2D eigenvalue weighted by Gasteiger charge is -2.08. The fourth-order valence-electron chi connectivity index (χ4n) is 1.74. The molecule has 1 aromatic carbocycles. The molecule has 0 aliphatic carbocycles. The molecule has 2 amide bonds. The van der Waals surface area contributed by atoms with Crippen molar-refractivity contribution >= 4 is 74.2 Å². The number of terminal acetylenes is 1. The predicted octanol–water partition coefficient (Wildman–Crippen LogP) is 3.57. The summed E-state index contributed by atoms with van der Waals surface area (Å²) in [7, 11) is 1.62. The fourth-order valence-corrected chi connectivity index (χ4v) is 4.83. The van der Waals surface area contributed by atoms with E-state index in [9.17, 15) is 9.59 Å². The molecule has 0 radical (unpaired) electrons. The summed E-state index contributed by atoms with van der Waals surface area (Å²) in [5.41, 5.74) is 0.843. The topological polar surface area (TPSA) is 46.6 Å². The van der Waals surface area contributed by atoms with E-state index in [-0.39, 0.29) is 17.7 Å². The molecule has 1 fully saturated rings. The summed E-state index contributed by atoms with van der Waals surface area (Å²) in [6.45, 7) is -0.000309. The molecular weight excluding hydrogens is 516 g/mol. The Morgan fingerprint density at radius 3 is 2.52 bits per heavy atom. The number of rotatable bonds is 3. The van der Waals surface area contributed by atoms with Gasteiger partial charge in [0.1, 0.15) is 5.75 Å². The zero-order valence-corrected chi connectivity index (χ0v) is 16.0. The second-order valence-corrected chi connectivity index (χ2v) is 7.31. The summed E-state index contributed by atoms with van der Waals surface area (Å²) < 4.78 is 7.18. The van der Waals surface area contributed by atoms with Crippen molar-refractivity contribution in [3.8, 4) is 18.1 Å². The first-order chi connectivity index (χ1) is 9.97. The number of benzene rings is 1. The lowest BCUT2D eigenvalue weighted by atomic mass is 10.2. The van der Waals surface area contributed by atoms with Gasteiger partial charge in [-0.3, -0.25) is 14.5 Å². The molecule has 0 saturated carbocycles. The molecule has 21 heavy (non-hydrogen) atoms. The van der Waals surface area contributed by atoms with Crippen molar-refractivity contribution in [1.82, 2.24) is 4.90 Å². The Balaban J connectivity index is 2.35. The smallest absolute Gasteiger partial charge is 0.294 e. The molecule has 1 heterocycles. The first-order valence-electron chi connectivity index (χ1n) is 5.69. The highest BCUT2D eigenvalue weighted by molar-refractivity contribution is 14.1. The Morgan fingerprint density at radius 2 is 2.00 bits per heavy atom. The average Bonchev–Trinajstić information content (AvgIpc) is 2.66. The molecule has 0 aromatic heterocycles. The molecule has 0 unspecified atom stereocenters. The van der Waals surface area contributed by atoms with Gasteiger partial charge in [0.25, 0.3) is 11.1 Å². The van der Waals surface area contributed by atoms with Crippen LogP contribution < -0.4 is 4.74 Å². The minimum Gasteiger partial charge on any atom is -0.495 e. The molecule has 0 atom stereocenters. The van der Waals surface area contributed by atoms with Crippen molar-refractivity contribution in [2.75, 3.05) is 13.7 Å². The summed E-state index contributed by atoms with van der Waals surface area (Å²) in [4.78, 5) is 25.3. The molecule has 2 rings (SSSR count). The number of halogens is 2. The second kappa shape index (κ2) is 7.02. The highest BCUT2D eigenvalue weighted by Gasteiger charge is 2.34. The Kier molecular flexibility index (Phi) is 5.56.